The van der Waals surface area contributed by atoms with Crippen LogP contribution in [0.2, 0.25) is 0 Å². The molecule has 33 heavy (non-hydrogen) atoms. The molecular weight excluding hydrogens is 422 g/mol. The molecule has 1 saturated carbocycles. The Kier molecular flexibility index (Phi) is 6.12. The molecular formula is C22H31N9O2. The van der Waals surface area contributed by atoms with E-state index >= 15 is 0 Å². The molecule has 2 aromatic heterocycles. The Balaban J connectivity index is 1.45. The van der Waals surface area contributed by atoms with Gasteiger partial charge in [-0.3, -0.25) is 9.36 Å². The summed E-state index contributed by atoms with van der Waals surface area (Å²) < 4.78 is 7.35. The fourth-order valence-corrected chi connectivity index (χ4v) is 5.03. The number of carbonyl (C=O) groups is 1. The number of ether oxygens (including phenoxy) is 1. The number of anilines is 2. The third kappa shape index (κ3) is 4.01. The molecule has 3 aliphatic rings. The minimum atomic E-state index is -0.0704. The predicted octanol–water partition coefficient (Wildman–Crippen LogP) is 1.60. The van der Waals surface area contributed by atoms with E-state index in [1.807, 2.05) is 10.8 Å². The summed E-state index contributed by atoms with van der Waals surface area (Å²) in [6.07, 6.45) is 10.9. The summed E-state index contributed by atoms with van der Waals surface area (Å²) in [6.45, 7) is 4.47. The molecule has 4 heterocycles. The lowest BCUT2D eigenvalue weighted by molar-refractivity contribution is -0.131. The third-order valence-corrected chi connectivity index (χ3v) is 6.71. The lowest BCUT2D eigenvalue weighted by atomic mass is 10.0. The van der Waals surface area contributed by atoms with Crippen LogP contribution >= 0.6 is 0 Å². The average Bonchev–Trinajstić information content (AvgIpc) is 3.56. The van der Waals surface area contributed by atoms with Gasteiger partial charge in [0.25, 0.3) is 5.91 Å². The van der Waals surface area contributed by atoms with Gasteiger partial charge < -0.3 is 25.2 Å². The van der Waals surface area contributed by atoms with E-state index < -0.39 is 0 Å². The van der Waals surface area contributed by atoms with Crippen molar-refractivity contribution in [2.75, 3.05) is 43.6 Å². The second-order valence-electron chi connectivity index (χ2n) is 8.59. The van der Waals surface area contributed by atoms with Crippen molar-refractivity contribution in [1.29, 1.82) is 0 Å². The van der Waals surface area contributed by atoms with Gasteiger partial charge in [-0.1, -0.05) is 19.8 Å². The average molecular weight is 454 g/mol. The molecule has 11 nitrogen and oxygen atoms in total. The van der Waals surface area contributed by atoms with Gasteiger partial charge in [0.05, 0.1) is 25.5 Å². The summed E-state index contributed by atoms with van der Waals surface area (Å²) in [7, 11) is 1.74. The molecule has 2 aromatic rings. The lowest BCUT2D eigenvalue weighted by Gasteiger charge is -2.40. The van der Waals surface area contributed by atoms with Crippen LogP contribution in [0.3, 0.4) is 0 Å². The number of hydrogen-bond donors (Lipinski definition) is 2. The predicted molar refractivity (Wildman–Crippen MR) is 123 cm³/mol. The van der Waals surface area contributed by atoms with Crippen LogP contribution < -0.4 is 15.5 Å². The Morgan fingerprint density at radius 2 is 2.06 bits per heavy atom. The monoisotopic (exact) mass is 453 g/mol. The normalized spacial score (nSPS) is 21.0. The number of amides is 1. The van der Waals surface area contributed by atoms with Gasteiger partial charge in [-0.05, 0) is 19.3 Å². The highest BCUT2D eigenvalue weighted by Gasteiger charge is 2.38. The van der Waals surface area contributed by atoms with Crippen LogP contribution in [0.1, 0.15) is 50.9 Å². The summed E-state index contributed by atoms with van der Waals surface area (Å²) in [6, 6.07) is 0.547. The molecule has 1 atom stereocenters. The van der Waals surface area contributed by atoms with Gasteiger partial charge in [0.1, 0.15) is 17.7 Å². The Labute approximate surface area is 193 Å². The van der Waals surface area contributed by atoms with E-state index in [4.69, 9.17) is 9.72 Å². The molecule has 0 aromatic carbocycles. The van der Waals surface area contributed by atoms with Crippen molar-refractivity contribution in [1.82, 2.24) is 34.9 Å². The molecule has 11 heteroatoms. The number of aromatic nitrogens is 5. The van der Waals surface area contributed by atoms with Crippen molar-refractivity contribution in [3.63, 3.8) is 0 Å². The number of hydrogen-bond acceptors (Lipinski definition) is 9. The van der Waals surface area contributed by atoms with Crippen LogP contribution in [0.25, 0.3) is 5.69 Å². The van der Waals surface area contributed by atoms with Crippen LogP contribution in [0.4, 0.5) is 11.8 Å². The number of nitrogens with zero attached hydrogens (tertiary/aromatic N) is 7. The molecule has 0 spiro atoms. The smallest absolute Gasteiger partial charge is 0.271 e. The zero-order chi connectivity index (χ0) is 22.8. The second kappa shape index (κ2) is 9.34. The second-order valence-corrected chi connectivity index (χ2v) is 8.59. The first-order valence-corrected chi connectivity index (χ1v) is 11.8. The third-order valence-electron chi connectivity index (χ3n) is 6.71. The Morgan fingerprint density at radius 1 is 1.27 bits per heavy atom. The largest absolute Gasteiger partial charge is 0.382 e. The zero-order valence-corrected chi connectivity index (χ0v) is 19.2. The standard InChI is InChI=1S/C22H31N9O2/c1-3-17-20-28-26-14-30(20)18-13-25-22(27-19(18)31(17)15-6-4-5-7-15)24-12-16(23-2)21(32)29-8-10-33-11-9-29/h12-15,17,23H,3-11H2,1-2H3,(H,24,25,27)/b16-12-/t17-/m1/s1. The molecule has 5 rings (SSSR count). The van der Waals surface area contributed by atoms with Gasteiger partial charge in [-0.2, -0.15) is 4.98 Å². The number of carbonyl (C=O) groups excluding carboxylic acids is 1. The highest BCUT2D eigenvalue weighted by Crippen LogP contribution is 2.42. The van der Waals surface area contributed by atoms with E-state index in [9.17, 15) is 4.79 Å². The highest BCUT2D eigenvalue weighted by atomic mass is 16.5. The number of rotatable bonds is 6. The molecule has 0 bridgehead atoms. The van der Waals surface area contributed by atoms with Crippen molar-refractivity contribution in [3.8, 4) is 5.69 Å². The molecule has 0 unspecified atom stereocenters. The summed E-state index contributed by atoms with van der Waals surface area (Å²) >= 11 is 0. The van der Waals surface area contributed by atoms with E-state index in [0.717, 1.165) is 36.6 Å². The summed E-state index contributed by atoms with van der Waals surface area (Å²) in [5.74, 6) is 2.21. The van der Waals surface area contributed by atoms with Crippen LogP contribution in [0, 0.1) is 0 Å². The molecule has 0 radical (unpaired) electrons. The van der Waals surface area contributed by atoms with Gasteiger partial charge in [0.15, 0.2) is 11.6 Å². The summed E-state index contributed by atoms with van der Waals surface area (Å²) in [5.41, 5.74) is 1.35. The Hall–Kier alpha value is -3.21. The molecule has 2 aliphatic heterocycles. The van der Waals surface area contributed by atoms with Crippen molar-refractivity contribution < 1.29 is 9.53 Å². The first-order valence-electron chi connectivity index (χ1n) is 11.8. The van der Waals surface area contributed by atoms with Crippen LogP contribution in [0.15, 0.2) is 24.4 Å². The minimum absolute atomic E-state index is 0.0704. The molecule has 1 saturated heterocycles. The SMILES string of the molecule is CC[C@@H]1c2nncn2-c2cnc(N/C=C(\NC)C(=O)N3CCOCC3)nc2N1C1CCCC1. The lowest BCUT2D eigenvalue weighted by Crippen LogP contribution is -2.43. The van der Waals surface area contributed by atoms with E-state index in [0.29, 0.717) is 44.0 Å². The van der Waals surface area contributed by atoms with Crippen molar-refractivity contribution in [2.45, 2.75) is 51.1 Å². The number of morpholine rings is 1. The van der Waals surface area contributed by atoms with Gasteiger partial charge in [0, 0.05) is 32.4 Å². The number of fused-ring (bicyclic) bond motifs is 3. The van der Waals surface area contributed by atoms with Gasteiger partial charge >= 0.3 is 0 Å². The zero-order valence-electron chi connectivity index (χ0n) is 19.2. The van der Waals surface area contributed by atoms with Crippen LogP contribution in [0.5, 0.6) is 0 Å². The topological polar surface area (TPSA) is 113 Å². The molecule has 1 amide bonds. The fourth-order valence-electron chi connectivity index (χ4n) is 5.03. The van der Waals surface area contributed by atoms with E-state index in [1.165, 1.54) is 12.8 Å². The maximum Gasteiger partial charge on any atom is 0.271 e. The minimum Gasteiger partial charge on any atom is -0.382 e. The maximum absolute atomic E-state index is 12.8. The Morgan fingerprint density at radius 3 is 2.79 bits per heavy atom. The van der Waals surface area contributed by atoms with Gasteiger partial charge in [-0.25, -0.2) is 4.98 Å². The van der Waals surface area contributed by atoms with Gasteiger partial charge in [0.2, 0.25) is 5.95 Å². The van der Waals surface area contributed by atoms with Crippen molar-refractivity contribution in [2.24, 2.45) is 0 Å². The van der Waals surface area contributed by atoms with E-state index in [1.54, 1.807) is 24.5 Å². The van der Waals surface area contributed by atoms with E-state index in [-0.39, 0.29) is 11.9 Å². The summed E-state index contributed by atoms with van der Waals surface area (Å²) in [5, 5.41) is 14.7. The summed E-state index contributed by atoms with van der Waals surface area (Å²) in [4.78, 5) is 26.5. The molecule has 2 fully saturated rings. The number of likely N-dealkylation sites (N-methyl/N-ethyl adjacent to an activating group) is 1. The van der Waals surface area contributed by atoms with Crippen molar-refractivity contribution >= 4 is 17.7 Å². The molecule has 176 valence electrons. The quantitative estimate of drug-likeness (QED) is 0.630. The van der Waals surface area contributed by atoms with Crippen molar-refractivity contribution in [3.05, 3.63) is 30.2 Å². The first-order chi connectivity index (χ1) is 16.2. The fraction of sp³-hybridized carbons (Fsp3) is 0.591. The van der Waals surface area contributed by atoms with Crippen LogP contribution in [-0.2, 0) is 9.53 Å². The van der Waals surface area contributed by atoms with E-state index in [2.05, 4.69) is 37.6 Å². The Bertz CT molecular complexity index is 1020. The van der Waals surface area contributed by atoms with Crippen LogP contribution in [-0.4, -0.2) is 74.9 Å². The first kappa shape index (κ1) is 21.6. The maximum atomic E-state index is 12.8. The number of nitrogens with one attached hydrogen (secondary N) is 2. The molecule has 1 aliphatic carbocycles. The molecule has 2 N–H and O–H groups in total. The highest BCUT2D eigenvalue weighted by molar-refractivity contribution is 5.93. The van der Waals surface area contributed by atoms with Gasteiger partial charge in [-0.15, -0.1) is 10.2 Å².